The van der Waals surface area contributed by atoms with Crippen molar-refractivity contribution in [2.24, 2.45) is 5.92 Å². The number of aliphatic hydroxyl groups excluding tert-OH is 1. The molecule has 0 saturated carbocycles. The van der Waals surface area contributed by atoms with Crippen LogP contribution < -0.4 is 10.1 Å². The summed E-state index contributed by atoms with van der Waals surface area (Å²) in [6, 6.07) is 4.41. The van der Waals surface area contributed by atoms with E-state index in [1.807, 2.05) is 6.92 Å². The first kappa shape index (κ1) is 17.5. The summed E-state index contributed by atoms with van der Waals surface area (Å²) in [6.07, 6.45) is -1.71. The van der Waals surface area contributed by atoms with Gasteiger partial charge in [-0.05, 0) is 30.9 Å². The molecule has 0 spiro atoms. The standard InChI is InChI=1S/C16H22F2N2O3/c1-10-5-6-20(13(10)8-21)16(22)19-12-4-3-11(2)14(7-12)23-9-15(17)18/h3-4,7,10,13,15,21H,5-6,8-9H2,1-2H3,(H,19,22). The molecule has 2 amide bonds. The van der Waals surface area contributed by atoms with Crippen molar-refractivity contribution >= 4 is 11.7 Å². The molecule has 7 heteroatoms. The topological polar surface area (TPSA) is 61.8 Å². The maximum Gasteiger partial charge on any atom is 0.322 e. The van der Waals surface area contributed by atoms with Crippen molar-refractivity contribution < 1.29 is 23.4 Å². The number of ether oxygens (including phenoxy) is 1. The summed E-state index contributed by atoms with van der Waals surface area (Å²) < 4.78 is 29.6. The third kappa shape index (κ3) is 4.31. The molecule has 0 aliphatic carbocycles. The number of anilines is 1. The smallest absolute Gasteiger partial charge is 0.322 e. The summed E-state index contributed by atoms with van der Waals surface area (Å²) in [5, 5.41) is 12.1. The first-order valence-corrected chi connectivity index (χ1v) is 7.62. The number of benzene rings is 1. The number of aryl methyl sites for hydroxylation is 1. The molecule has 2 unspecified atom stereocenters. The number of carbonyl (C=O) groups is 1. The van der Waals surface area contributed by atoms with Crippen molar-refractivity contribution in [1.29, 1.82) is 0 Å². The van der Waals surface area contributed by atoms with E-state index in [2.05, 4.69) is 5.32 Å². The van der Waals surface area contributed by atoms with Gasteiger partial charge in [0.15, 0.2) is 0 Å². The third-order valence-electron chi connectivity index (χ3n) is 4.13. The van der Waals surface area contributed by atoms with Crippen LogP contribution in [0.4, 0.5) is 19.3 Å². The number of hydrogen-bond acceptors (Lipinski definition) is 3. The van der Waals surface area contributed by atoms with Crippen LogP contribution in [0.15, 0.2) is 18.2 Å². The average molecular weight is 328 g/mol. The predicted octanol–water partition coefficient (Wildman–Crippen LogP) is 2.87. The molecule has 128 valence electrons. The molecule has 1 fully saturated rings. The van der Waals surface area contributed by atoms with Crippen LogP contribution in [0, 0.1) is 12.8 Å². The van der Waals surface area contributed by atoms with E-state index < -0.39 is 13.0 Å². The van der Waals surface area contributed by atoms with Gasteiger partial charge in [-0.1, -0.05) is 13.0 Å². The van der Waals surface area contributed by atoms with Gasteiger partial charge in [-0.25, -0.2) is 13.6 Å². The molecule has 1 aromatic rings. The van der Waals surface area contributed by atoms with E-state index in [1.54, 1.807) is 24.0 Å². The van der Waals surface area contributed by atoms with Gasteiger partial charge in [0.1, 0.15) is 12.4 Å². The Hall–Kier alpha value is -1.89. The second kappa shape index (κ2) is 7.59. The minimum atomic E-state index is -2.55. The van der Waals surface area contributed by atoms with Gasteiger partial charge in [0.05, 0.1) is 12.6 Å². The summed E-state index contributed by atoms with van der Waals surface area (Å²) >= 11 is 0. The molecule has 0 bridgehead atoms. The maximum atomic E-state index is 12.3. The highest BCUT2D eigenvalue weighted by Gasteiger charge is 2.33. The minimum Gasteiger partial charge on any atom is -0.487 e. The highest BCUT2D eigenvalue weighted by atomic mass is 19.3. The zero-order valence-electron chi connectivity index (χ0n) is 13.3. The largest absolute Gasteiger partial charge is 0.487 e. The van der Waals surface area contributed by atoms with Crippen LogP contribution >= 0.6 is 0 Å². The molecule has 5 nitrogen and oxygen atoms in total. The van der Waals surface area contributed by atoms with Gasteiger partial charge >= 0.3 is 6.03 Å². The van der Waals surface area contributed by atoms with Crippen LogP contribution in [0.25, 0.3) is 0 Å². The van der Waals surface area contributed by atoms with Gasteiger partial charge in [0.25, 0.3) is 6.43 Å². The summed E-state index contributed by atoms with van der Waals surface area (Å²) in [5.74, 6) is 0.560. The molecule has 23 heavy (non-hydrogen) atoms. The molecule has 0 aromatic heterocycles. The molecule has 1 heterocycles. The van der Waals surface area contributed by atoms with Crippen molar-refractivity contribution in [2.45, 2.75) is 32.7 Å². The number of alkyl halides is 2. The Morgan fingerprint density at radius 1 is 1.52 bits per heavy atom. The van der Waals surface area contributed by atoms with Gasteiger partial charge in [-0.3, -0.25) is 0 Å². The Balaban J connectivity index is 2.05. The van der Waals surface area contributed by atoms with Crippen LogP contribution in [0.1, 0.15) is 18.9 Å². The average Bonchev–Trinajstić information content (AvgIpc) is 2.88. The molecular formula is C16H22F2N2O3. The van der Waals surface area contributed by atoms with Crippen LogP contribution in [0.3, 0.4) is 0 Å². The lowest BCUT2D eigenvalue weighted by atomic mass is 10.0. The fraction of sp³-hybridized carbons (Fsp3) is 0.562. The van der Waals surface area contributed by atoms with Gasteiger partial charge < -0.3 is 20.1 Å². The molecule has 2 rings (SSSR count). The minimum absolute atomic E-state index is 0.0781. The number of hydrogen-bond donors (Lipinski definition) is 2. The Bertz CT molecular complexity index is 554. The van der Waals surface area contributed by atoms with Gasteiger partial charge in [-0.2, -0.15) is 0 Å². The first-order valence-electron chi connectivity index (χ1n) is 7.62. The van der Waals surface area contributed by atoms with Gasteiger partial charge in [0.2, 0.25) is 0 Å². The lowest BCUT2D eigenvalue weighted by Crippen LogP contribution is -2.42. The van der Waals surface area contributed by atoms with E-state index in [-0.39, 0.29) is 24.6 Å². The van der Waals surface area contributed by atoms with E-state index in [1.165, 1.54) is 6.07 Å². The maximum absolute atomic E-state index is 12.3. The van der Waals surface area contributed by atoms with Crippen LogP contribution in [0.2, 0.25) is 0 Å². The summed E-state index contributed by atoms with van der Waals surface area (Å²) in [5.41, 5.74) is 1.19. The molecular weight excluding hydrogens is 306 g/mol. The Morgan fingerprint density at radius 2 is 2.26 bits per heavy atom. The Kier molecular flexibility index (Phi) is 5.76. The second-order valence-electron chi connectivity index (χ2n) is 5.82. The fourth-order valence-corrected chi connectivity index (χ4v) is 2.72. The number of rotatable bonds is 5. The fourth-order valence-electron chi connectivity index (χ4n) is 2.72. The number of aliphatic hydroxyl groups is 1. The lowest BCUT2D eigenvalue weighted by molar-refractivity contribution is 0.0816. The predicted molar refractivity (Wildman–Crippen MR) is 83.1 cm³/mol. The number of urea groups is 1. The Labute approximate surface area is 134 Å². The number of nitrogens with one attached hydrogen (secondary N) is 1. The van der Waals surface area contributed by atoms with Gasteiger partial charge in [0, 0.05) is 18.3 Å². The highest BCUT2D eigenvalue weighted by Crippen LogP contribution is 2.26. The van der Waals surface area contributed by atoms with E-state index in [4.69, 9.17) is 4.74 Å². The molecule has 1 saturated heterocycles. The number of halogens is 2. The first-order chi connectivity index (χ1) is 10.9. The van der Waals surface area contributed by atoms with E-state index in [0.717, 1.165) is 6.42 Å². The van der Waals surface area contributed by atoms with E-state index >= 15 is 0 Å². The monoisotopic (exact) mass is 328 g/mol. The normalized spacial score (nSPS) is 20.9. The van der Waals surface area contributed by atoms with Crippen molar-refractivity contribution in [2.75, 3.05) is 25.1 Å². The van der Waals surface area contributed by atoms with E-state index in [0.29, 0.717) is 23.5 Å². The Morgan fingerprint density at radius 3 is 2.91 bits per heavy atom. The molecule has 1 aliphatic rings. The van der Waals surface area contributed by atoms with E-state index in [9.17, 15) is 18.7 Å². The summed E-state index contributed by atoms with van der Waals surface area (Å²) in [6.45, 7) is 3.56. The molecule has 0 radical (unpaired) electrons. The molecule has 1 aromatic carbocycles. The van der Waals surface area contributed by atoms with Crippen molar-refractivity contribution in [1.82, 2.24) is 4.90 Å². The SMILES string of the molecule is Cc1ccc(NC(=O)N2CCC(C)C2CO)cc1OCC(F)F. The number of carbonyl (C=O) groups excluding carboxylic acids is 1. The van der Waals surface area contributed by atoms with Crippen LogP contribution in [0.5, 0.6) is 5.75 Å². The van der Waals surface area contributed by atoms with Gasteiger partial charge in [-0.15, -0.1) is 0 Å². The number of likely N-dealkylation sites (tertiary alicyclic amines) is 1. The number of amides is 2. The van der Waals surface area contributed by atoms with Crippen LogP contribution in [-0.4, -0.2) is 48.3 Å². The van der Waals surface area contributed by atoms with Crippen molar-refractivity contribution in [3.05, 3.63) is 23.8 Å². The van der Waals surface area contributed by atoms with Crippen molar-refractivity contribution in [3.8, 4) is 5.75 Å². The summed E-state index contributed by atoms with van der Waals surface area (Å²) in [4.78, 5) is 13.9. The van der Waals surface area contributed by atoms with Crippen molar-refractivity contribution in [3.63, 3.8) is 0 Å². The summed E-state index contributed by atoms with van der Waals surface area (Å²) in [7, 11) is 0. The molecule has 1 aliphatic heterocycles. The van der Waals surface area contributed by atoms with Crippen LogP contribution in [-0.2, 0) is 0 Å². The zero-order chi connectivity index (χ0) is 17.0. The second-order valence-corrected chi connectivity index (χ2v) is 5.82. The quantitative estimate of drug-likeness (QED) is 0.874. The zero-order valence-corrected chi connectivity index (χ0v) is 13.3. The number of nitrogens with zero attached hydrogens (tertiary/aromatic N) is 1. The molecule has 2 N–H and O–H groups in total. The molecule has 2 atom stereocenters. The lowest BCUT2D eigenvalue weighted by Gasteiger charge is -2.25. The third-order valence-corrected chi connectivity index (χ3v) is 4.13. The highest BCUT2D eigenvalue weighted by molar-refractivity contribution is 5.90.